The predicted molar refractivity (Wildman–Crippen MR) is 81.8 cm³/mol. The molecule has 0 aliphatic carbocycles. The number of benzene rings is 1. The van der Waals surface area contributed by atoms with Gasteiger partial charge in [-0.15, -0.1) is 0 Å². The van der Waals surface area contributed by atoms with Gasteiger partial charge in [-0.25, -0.2) is 0 Å². The van der Waals surface area contributed by atoms with Gasteiger partial charge in [-0.3, -0.25) is 4.79 Å². The fourth-order valence-corrected chi connectivity index (χ4v) is 1.99. The van der Waals surface area contributed by atoms with E-state index >= 15 is 0 Å². The van der Waals surface area contributed by atoms with Gasteiger partial charge in [0.2, 0.25) is 5.76 Å². The zero-order valence-electron chi connectivity index (χ0n) is 11.9. The summed E-state index contributed by atoms with van der Waals surface area (Å²) in [6.07, 6.45) is 0.654. The Morgan fingerprint density at radius 2 is 2.23 bits per heavy atom. The van der Waals surface area contributed by atoms with Crippen molar-refractivity contribution in [2.45, 2.75) is 6.42 Å². The third-order valence-corrected chi connectivity index (χ3v) is 3.08. The van der Waals surface area contributed by atoms with Crippen LogP contribution in [0.1, 0.15) is 17.0 Å². The lowest BCUT2D eigenvalue weighted by Crippen LogP contribution is -2.25. The van der Waals surface area contributed by atoms with Crippen LogP contribution in [0.3, 0.4) is 0 Å². The SMILES string of the molecule is O=C(NCCCOCCO)c1cc(-c2cccc(Cl)c2)no1. The lowest BCUT2D eigenvalue weighted by molar-refractivity contribution is 0.0851. The Hall–Kier alpha value is -1.89. The standard InChI is InChI=1S/C15H17ClN2O4/c16-12-4-1-3-11(9-12)13-10-14(22-18-13)15(20)17-5-2-7-21-8-6-19/h1,3-4,9-10,19H,2,5-8H2,(H,17,20). The summed E-state index contributed by atoms with van der Waals surface area (Å²) in [5.41, 5.74) is 1.34. The molecule has 0 saturated carbocycles. The van der Waals surface area contributed by atoms with E-state index < -0.39 is 0 Å². The van der Waals surface area contributed by atoms with Crippen molar-refractivity contribution in [1.82, 2.24) is 10.5 Å². The zero-order chi connectivity index (χ0) is 15.8. The predicted octanol–water partition coefficient (Wildman–Crippen LogP) is 2.12. The van der Waals surface area contributed by atoms with Gasteiger partial charge in [0.05, 0.1) is 13.2 Å². The number of rotatable bonds is 8. The molecule has 0 aliphatic rings. The second-order valence-corrected chi connectivity index (χ2v) is 4.97. The van der Waals surface area contributed by atoms with Crippen molar-refractivity contribution in [2.24, 2.45) is 0 Å². The summed E-state index contributed by atoms with van der Waals surface area (Å²) in [6, 6.07) is 8.73. The van der Waals surface area contributed by atoms with E-state index in [0.717, 1.165) is 5.56 Å². The number of halogens is 1. The van der Waals surface area contributed by atoms with Crippen LogP contribution in [0.2, 0.25) is 5.02 Å². The molecule has 2 N–H and O–H groups in total. The van der Waals surface area contributed by atoms with Gasteiger partial charge >= 0.3 is 0 Å². The van der Waals surface area contributed by atoms with Crippen molar-refractivity contribution in [1.29, 1.82) is 0 Å². The van der Waals surface area contributed by atoms with Crippen molar-refractivity contribution in [3.05, 3.63) is 41.1 Å². The first-order valence-corrected chi connectivity index (χ1v) is 7.28. The van der Waals surface area contributed by atoms with Crippen molar-refractivity contribution < 1.29 is 19.2 Å². The maximum Gasteiger partial charge on any atom is 0.289 e. The van der Waals surface area contributed by atoms with Crippen LogP contribution in [0.25, 0.3) is 11.3 Å². The molecular weight excluding hydrogens is 308 g/mol. The van der Waals surface area contributed by atoms with Gasteiger partial charge in [0, 0.05) is 29.8 Å². The van der Waals surface area contributed by atoms with Gasteiger partial charge in [-0.1, -0.05) is 28.9 Å². The molecular formula is C15H17ClN2O4. The first kappa shape index (κ1) is 16.5. The number of carbonyl (C=O) groups excluding carboxylic acids is 1. The van der Waals surface area contributed by atoms with E-state index in [1.165, 1.54) is 0 Å². The molecule has 0 atom stereocenters. The number of aromatic nitrogens is 1. The average Bonchev–Trinajstić information content (AvgIpc) is 3.00. The summed E-state index contributed by atoms with van der Waals surface area (Å²) in [7, 11) is 0. The van der Waals surface area contributed by atoms with E-state index in [2.05, 4.69) is 10.5 Å². The number of aliphatic hydroxyl groups is 1. The van der Waals surface area contributed by atoms with Crippen molar-refractivity contribution >= 4 is 17.5 Å². The van der Waals surface area contributed by atoms with E-state index in [-0.39, 0.29) is 18.3 Å². The van der Waals surface area contributed by atoms with Crippen LogP contribution in [0.4, 0.5) is 0 Å². The van der Waals surface area contributed by atoms with E-state index in [4.69, 9.17) is 26.0 Å². The number of carbonyl (C=O) groups is 1. The second-order valence-electron chi connectivity index (χ2n) is 4.53. The largest absolute Gasteiger partial charge is 0.394 e. The number of nitrogens with zero attached hydrogens (tertiary/aromatic N) is 1. The third-order valence-electron chi connectivity index (χ3n) is 2.84. The molecule has 22 heavy (non-hydrogen) atoms. The Bertz CT molecular complexity index is 615. The summed E-state index contributed by atoms with van der Waals surface area (Å²) >= 11 is 5.92. The Morgan fingerprint density at radius 3 is 3.00 bits per heavy atom. The highest BCUT2D eigenvalue weighted by Gasteiger charge is 2.13. The quantitative estimate of drug-likeness (QED) is 0.727. The highest BCUT2D eigenvalue weighted by atomic mass is 35.5. The fraction of sp³-hybridized carbons (Fsp3) is 0.333. The molecule has 0 unspecified atom stereocenters. The van der Waals surface area contributed by atoms with Crippen molar-refractivity contribution in [3.63, 3.8) is 0 Å². The Balaban J connectivity index is 1.84. The number of ether oxygens (including phenoxy) is 1. The highest BCUT2D eigenvalue weighted by Crippen LogP contribution is 2.22. The monoisotopic (exact) mass is 324 g/mol. The summed E-state index contributed by atoms with van der Waals surface area (Å²) < 4.78 is 10.1. The lowest BCUT2D eigenvalue weighted by Gasteiger charge is -2.03. The summed E-state index contributed by atoms with van der Waals surface area (Å²) in [5, 5.41) is 15.7. The van der Waals surface area contributed by atoms with Gasteiger partial charge in [0.1, 0.15) is 5.69 Å². The maximum absolute atomic E-state index is 11.9. The summed E-state index contributed by atoms with van der Waals surface area (Å²) in [5.74, 6) is -0.186. The van der Waals surface area contributed by atoms with Gasteiger partial charge in [0.15, 0.2) is 0 Å². The van der Waals surface area contributed by atoms with E-state index in [9.17, 15) is 4.79 Å². The second kappa shape index (κ2) is 8.53. The van der Waals surface area contributed by atoms with Crippen LogP contribution in [0, 0.1) is 0 Å². The minimum Gasteiger partial charge on any atom is -0.394 e. The van der Waals surface area contributed by atoms with E-state index in [0.29, 0.717) is 36.9 Å². The van der Waals surface area contributed by atoms with Gasteiger partial charge in [-0.05, 0) is 18.6 Å². The van der Waals surface area contributed by atoms with Crippen LogP contribution in [0.5, 0.6) is 0 Å². The normalized spacial score (nSPS) is 10.6. The maximum atomic E-state index is 11.9. The van der Waals surface area contributed by atoms with Crippen LogP contribution in [-0.4, -0.2) is 42.5 Å². The van der Waals surface area contributed by atoms with E-state index in [1.54, 1.807) is 24.3 Å². The average molecular weight is 325 g/mol. The van der Waals surface area contributed by atoms with Crippen LogP contribution < -0.4 is 5.32 Å². The molecule has 0 saturated heterocycles. The summed E-state index contributed by atoms with van der Waals surface area (Å²) in [4.78, 5) is 11.9. The number of aliphatic hydroxyl groups excluding tert-OH is 1. The molecule has 1 aromatic carbocycles. The first-order valence-electron chi connectivity index (χ1n) is 6.90. The van der Waals surface area contributed by atoms with Crippen molar-refractivity contribution in [3.8, 4) is 11.3 Å². The molecule has 1 aromatic heterocycles. The van der Waals surface area contributed by atoms with Crippen LogP contribution >= 0.6 is 11.6 Å². The fourth-order valence-electron chi connectivity index (χ4n) is 1.80. The number of hydrogen-bond donors (Lipinski definition) is 2. The minimum atomic E-state index is -0.331. The van der Waals surface area contributed by atoms with Crippen LogP contribution in [0.15, 0.2) is 34.9 Å². The molecule has 2 rings (SSSR count). The molecule has 7 heteroatoms. The molecule has 118 valence electrons. The van der Waals surface area contributed by atoms with Crippen LogP contribution in [-0.2, 0) is 4.74 Å². The number of hydrogen-bond acceptors (Lipinski definition) is 5. The minimum absolute atomic E-state index is 0.00327. The molecule has 0 bridgehead atoms. The lowest BCUT2D eigenvalue weighted by atomic mass is 10.1. The smallest absolute Gasteiger partial charge is 0.289 e. The van der Waals surface area contributed by atoms with E-state index in [1.807, 2.05) is 6.07 Å². The molecule has 1 amide bonds. The molecule has 0 spiro atoms. The molecule has 0 aliphatic heterocycles. The topological polar surface area (TPSA) is 84.6 Å². The Kier molecular flexibility index (Phi) is 6.39. The molecule has 1 heterocycles. The van der Waals surface area contributed by atoms with Gasteiger partial charge in [0.25, 0.3) is 5.91 Å². The molecule has 0 radical (unpaired) electrons. The molecule has 6 nitrogen and oxygen atoms in total. The third kappa shape index (κ3) is 4.84. The van der Waals surface area contributed by atoms with Gasteiger partial charge < -0.3 is 19.7 Å². The number of nitrogens with one attached hydrogen (secondary N) is 1. The Morgan fingerprint density at radius 1 is 1.36 bits per heavy atom. The zero-order valence-corrected chi connectivity index (χ0v) is 12.7. The highest BCUT2D eigenvalue weighted by molar-refractivity contribution is 6.30. The molecule has 2 aromatic rings. The number of amides is 1. The first-order chi connectivity index (χ1) is 10.7. The van der Waals surface area contributed by atoms with Gasteiger partial charge in [-0.2, -0.15) is 0 Å². The molecule has 0 fully saturated rings. The Labute approximate surface area is 133 Å². The summed E-state index contributed by atoms with van der Waals surface area (Å²) in [6.45, 7) is 1.23. The van der Waals surface area contributed by atoms with Crippen molar-refractivity contribution in [2.75, 3.05) is 26.4 Å².